The van der Waals surface area contributed by atoms with Gasteiger partial charge in [-0.05, 0) is 55.5 Å². The number of ether oxygens (including phenoxy) is 2. The number of anilines is 1. The molecule has 0 aliphatic carbocycles. The zero-order valence-electron chi connectivity index (χ0n) is 18.0. The van der Waals surface area contributed by atoms with E-state index in [1.165, 1.54) is 12.1 Å². The highest BCUT2D eigenvalue weighted by Crippen LogP contribution is 2.32. The van der Waals surface area contributed by atoms with Crippen LogP contribution in [0.3, 0.4) is 0 Å². The Bertz CT molecular complexity index is 1060. The number of esters is 1. The van der Waals surface area contributed by atoms with Crippen molar-refractivity contribution in [3.05, 3.63) is 59.7 Å². The van der Waals surface area contributed by atoms with E-state index < -0.39 is 33.9 Å². The van der Waals surface area contributed by atoms with Crippen LogP contribution in [0.2, 0.25) is 0 Å². The van der Waals surface area contributed by atoms with Crippen molar-refractivity contribution in [2.75, 3.05) is 30.9 Å². The van der Waals surface area contributed by atoms with E-state index in [2.05, 4.69) is 0 Å². The van der Waals surface area contributed by atoms with E-state index in [0.717, 1.165) is 18.4 Å². The first kappa shape index (κ1) is 24.8. The van der Waals surface area contributed by atoms with E-state index in [4.69, 9.17) is 13.7 Å². The maximum absolute atomic E-state index is 12.8. The zero-order valence-corrected chi connectivity index (χ0v) is 18.9. The molecule has 0 aromatic heterocycles. The second-order valence-electron chi connectivity index (χ2n) is 7.56. The number of carbonyl (C=O) groups is 1. The van der Waals surface area contributed by atoms with Gasteiger partial charge in [0.15, 0.2) is 0 Å². The predicted molar refractivity (Wildman–Crippen MR) is 115 cm³/mol. The molecule has 1 aliphatic heterocycles. The van der Waals surface area contributed by atoms with Gasteiger partial charge in [-0.15, -0.1) is 0 Å². The van der Waals surface area contributed by atoms with Crippen molar-refractivity contribution in [1.29, 1.82) is 0 Å². The summed E-state index contributed by atoms with van der Waals surface area (Å²) in [7, 11) is -3.67. The first-order valence-electron chi connectivity index (χ1n) is 10.2. The molecule has 33 heavy (non-hydrogen) atoms. The van der Waals surface area contributed by atoms with Crippen molar-refractivity contribution in [2.24, 2.45) is 0 Å². The summed E-state index contributed by atoms with van der Waals surface area (Å²) in [5, 5.41) is 0. The molecule has 1 saturated heterocycles. The second kappa shape index (κ2) is 10.0. The maximum Gasteiger partial charge on any atom is 0.416 e. The number of hydrogen-bond donors (Lipinski definition) is 0. The van der Waals surface area contributed by atoms with Crippen LogP contribution in [0.15, 0.2) is 48.5 Å². The molecule has 7 nitrogen and oxygen atoms in total. The Morgan fingerprint density at radius 3 is 2.27 bits per heavy atom. The van der Waals surface area contributed by atoms with E-state index in [-0.39, 0.29) is 25.0 Å². The Morgan fingerprint density at radius 1 is 1.09 bits per heavy atom. The van der Waals surface area contributed by atoms with Crippen LogP contribution in [0.1, 0.15) is 29.3 Å². The highest BCUT2D eigenvalue weighted by atomic mass is 32.2. The van der Waals surface area contributed by atoms with Crippen LogP contribution in [-0.4, -0.2) is 52.5 Å². The second-order valence-corrected chi connectivity index (χ2v) is 9.20. The molecule has 0 amide bonds. The van der Waals surface area contributed by atoms with Crippen LogP contribution in [0.25, 0.3) is 0 Å². The molecule has 2 aromatic carbocycles. The lowest BCUT2D eigenvalue weighted by Crippen LogP contribution is -2.34. The number of carbonyl (C=O) groups excluding carboxylic acids is 1. The molecule has 180 valence electrons. The molecule has 1 aliphatic rings. The predicted octanol–water partition coefficient (Wildman–Crippen LogP) is 3.88. The normalized spacial score (nSPS) is 18.9. The minimum Gasteiger partial charge on any atom is -0.489 e. The standard InChI is InChI=1S/C22H24F3NO6S/c1-3-30-21(27)15-4-8-17(9-5-15)26-13-20(12-18(26)14-31-33(2,28)29)32-19-10-6-16(7-11-19)22(23,24)25/h4-11,18,20H,3,12-14H2,1-2H3/t18-,20-/m0/s1. The topological polar surface area (TPSA) is 82.1 Å². The molecule has 0 spiro atoms. The highest BCUT2D eigenvalue weighted by Gasteiger charge is 2.35. The van der Waals surface area contributed by atoms with Gasteiger partial charge in [0.25, 0.3) is 10.1 Å². The van der Waals surface area contributed by atoms with Crippen LogP contribution < -0.4 is 9.64 Å². The third-order valence-electron chi connectivity index (χ3n) is 5.05. The maximum atomic E-state index is 12.8. The van der Waals surface area contributed by atoms with E-state index in [1.807, 2.05) is 4.90 Å². The molecule has 0 unspecified atom stereocenters. The Kier molecular flexibility index (Phi) is 7.53. The number of halogens is 3. The zero-order chi connectivity index (χ0) is 24.2. The summed E-state index contributed by atoms with van der Waals surface area (Å²) in [6.45, 7) is 2.18. The summed E-state index contributed by atoms with van der Waals surface area (Å²) in [6, 6.07) is 10.6. The van der Waals surface area contributed by atoms with Gasteiger partial charge in [0.2, 0.25) is 0 Å². The molecular formula is C22H24F3NO6S. The molecule has 11 heteroatoms. The lowest BCUT2D eigenvalue weighted by atomic mass is 10.1. The van der Waals surface area contributed by atoms with Gasteiger partial charge in [0, 0.05) is 12.1 Å². The SMILES string of the molecule is CCOC(=O)c1ccc(N2C[C@@H](Oc3ccc(C(F)(F)F)cc3)C[C@H]2COS(C)(=O)=O)cc1. The summed E-state index contributed by atoms with van der Waals surface area (Å²) in [6.07, 6.45) is -3.51. The Morgan fingerprint density at radius 2 is 1.73 bits per heavy atom. The van der Waals surface area contributed by atoms with E-state index in [0.29, 0.717) is 24.2 Å². The van der Waals surface area contributed by atoms with Gasteiger partial charge in [-0.25, -0.2) is 4.79 Å². The average molecular weight is 487 g/mol. The van der Waals surface area contributed by atoms with E-state index in [1.54, 1.807) is 31.2 Å². The fraction of sp³-hybridized carbons (Fsp3) is 0.409. The highest BCUT2D eigenvalue weighted by molar-refractivity contribution is 7.85. The summed E-state index contributed by atoms with van der Waals surface area (Å²) in [5.74, 6) is -0.179. The monoisotopic (exact) mass is 487 g/mol. The molecular weight excluding hydrogens is 463 g/mol. The molecule has 1 fully saturated rings. The third kappa shape index (κ3) is 6.84. The third-order valence-corrected chi connectivity index (χ3v) is 5.61. The minimum absolute atomic E-state index is 0.120. The smallest absolute Gasteiger partial charge is 0.416 e. The van der Waals surface area contributed by atoms with Crippen molar-refractivity contribution < 1.29 is 40.0 Å². The average Bonchev–Trinajstić information content (AvgIpc) is 3.14. The van der Waals surface area contributed by atoms with Gasteiger partial charge >= 0.3 is 12.1 Å². The first-order chi connectivity index (χ1) is 15.5. The summed E-state index contributed by atoms with van der Waals surface area (Å²) >= 11 is 0. The number of alkyl halides is 3. The van der Waals surface area contributed by atoms with Gasteiger partial charge < -0.3 is 14.4 Å². The van der Waals surface area contributed by atoms with E-state index in [9.17, 15) is 26.4 Å². The van der Waals surface area contributed by atoms with E-state index >= 15 is 0 Å². The molecule has 3 rings (SSSR count). The van der Waals surface area contributed by atoms with Crippen molar-refractivity contribution in [1.82, 2.24) is 0 Å². The minimum atomic E-state index is -4.44. The quantitative estimate of drug-likeness (QED) is 0.413. The molecule has 2 aromatic rings. The number of hydrogen-bond acceptors (Lipinski definition) is 7. The van der Waals surface area contributed by atoms with Gasteiger partial charge in [-0.1, -0.05) is 0 Å². The fourth-order valence-electron chi connectivity index (χ4n) is 3.55. The molecule has 0 radical (unpaired) electrons. The lowest BCUT2D eigenvalue weighted by Gasteiger charge is -2.26. The number of rotatable bonds is 8. The Hall–Kier alpha value is -2.79. The van der Waals surface area contributed by atoms with Crippen LogP contribution in [0, 0.1) is 0 Å². The van der Waals surface area contributed by atoms with Crippen LogP contribution in [0.4, 0.5) is 18.9 Å². The van der Waals surface area contributed by atoms with Crippen molar-refractivity contribution in [3.8, 4) is 5.75 Å². The fourth-order valence-corrected chi connectivity index (χ4v) is 3.96. The lowest BCUT2D eigenvalue weighted by molar-refractivity contribution is -0.137. The van der Waals surface area contributed by atoms with Gasteiger partial charge in [0.05, 0.1) is 43.2 Å². The van der Waals surface area contributed by atoms with Crippen LogP contribution in [-0.2, 0) is 25.2 Å². The number of nitrogens with zero attached hydrogens (tertiary/aromatic N) is 1. The largest absolute Gasteiger partial charge is 0.489 e. The van der Waals surface area contributed by atoms with Crippen molar-refractivity contribution in [2.45, 2.75) is 31.7 Å². The van der Waals surface area contributed by atoms with Gasteiger partial charge in [-0.2, -0.15) is 21.6 Å². The van der Waals surface area contributed by atoms with Crippen molar-refractivity contribution in [3.63, 3.8) is 0 Å². The molecule has 2 atom stereocenters. The summed E-state index contributed by atoms with van der Waals surface area (Å²) < 4.78 is 77.1. The Balaban J connectivity index is 1.75. The van der Waals surface area contributed by atoms with Crippen LogP contribution >= 0.6 is 0 Å². The van der Waals surface area contributed by atoms with Crippen molar-refractivity contribution >= 4 is 21.8 Å². The van der Waals surface area contributed by atoms with Crippen LogP contribution in [0.5, 0.6) is 5.75 Å². The summed E-state index contributed by atoms with van der Waals surface area (Å²) in [5.41, 5.74) is 0.314. The molecule has 0 bridgehead atoms. The number of benzene rings is 2. The molecule has 0 N–H and O–H groups in total. The molecule has 0 saturated carbocycles. The summed E-state index contributed by atoms with van der Waals surface area (Å²) in [4.78, 5) is 13.8. The Labute approximate surface area is 190 Å². The van der Waals surface area contributed by atoms with Gasteiger partial charge in [-0.3, -0.25) is 4.18 Å². The van der Waals surface area contributed by atoms with Gasteiger partial charge in [0.1, 0.15) is 11.9 Å². The molecule has 1 heterocycles. The first-order valence-corrected chi connectivity index (χ1v) is 12.0.